The number of nitrogens with zero attached hydrogens (tertiary/aromatic N) is 1. The zero-order valence-electron chi connectivity index (χ0n) is 9.73. The molecule has 0 aliphatic rings. The van der Waals surface area contributed by atoms with Crippen molar-refractivity contribution in [2.45, 2.75) is 6.92 Å². The van der Waals surface area contributed by atoms with Gasteiger partial charge in [0.05, 0.1) is 5.69 Å². The molecule has 2 aromatic heterocycles. The number of hydrogen-bond acceptors (Lipinski definition) is 2. The van der Waals surface area contributed by atoms with Crippen LogP contribution in [0.2, 0.25) is 0 Å². The summed E-state index contributed by atoms with van der Waals surface area (Å²) in [5, 5.41) is 1.08. The molecule has 0 aliphatic carbocycles. The molecule has 18 heavy (non-hydrogen) atoms. The second-order valence-electron chi connectivity index (χ2n) is 4.19. The number of aryl methyl sites for hydroxylation is 1. The number of hydrogen-bond donors (Lipinski definition) is 2. The monoisotopic (exact) mass is 241 g/mol. The van der Waals surface area contributed by atoms with Gasteiger partial charge in [-0.05, 0) is 30.5 Å². The molecular formula is C13H11N3O2. The molecule has 0 saturated heterocycles. The van der Waals surface area contributed by atoms with Crippen LogP contribution in [0, 0.1) is 6.92 Å². The summed E-state index contributed by atoms with van der Waals surface area (Å²) < 4.78 is 1.43. The van der Waals surface area contributed by atoms with Gasteiger partial charge in [-0.25, -0.2) is 4.79 Å². The average Bonchev–Trinajstić information content (AvgIpc) is 2.80. The largest absolute Gasteiger partial charge is 0.361 e. The Morgan fingerprint density at radius 2 is 2.00 bits per heavy atom. The van der Waals surface area contributed by atoms with Gasteiger partial charge in [0.2, 0.25) is 0 Å². The van der Waals surface area contributed by atoms with Crippen molar-refractivity contribution in [3.63, 3.8) is 0 Å². The van der Waals surface area contributed by atoms with Gasteiger partial charge < -0.3 is 4.98 Å². The number of H-pyrrole nitrogens is 2. The van der Waals surface area contributed by atoms with Crippen molar-refractivity contribution >= 4 is 10.9 Å². The summed E-state index contributed by atoms with van der Waals surface area (Å²) in [5.41, 5.74) is 1.38. The van der Waals surface area contributed by atoms with Gasteiger partial charge in [0, 0.05) is 23.5 Å². The van der Waals surface area contributed by atoms with E-state index in [0.29, 0.717) is 11.3 Å². The molecular weight excluding hydrogens is 230 g/mol. The second-order valence-corrected chi connectivity index (χ2v) is 4.19. The summed E-state index contributed by atoms with van der Waals surface area (Å²) in [6.45, 7) is 1.67. The Bertz CT molecular complexity index is 839. The molecule has 0 unspecified atom stereocenters. The molecule has 0 amide bonds. The molecule has 0 atom stereocenters. The zero-order valence-corrected chi connectivity index (χ0v) is 9.73. The predicted molar refractivity (Wildman–Crippen MR) is 69.3 cm³/mol. The Kier molecular flexibility index (Phi) is 2.19. The first-order chi connectivity index (χ1) is 8.65. The quantitative estimate of drug-likeness (QED) is 0.674. The van der Waals surface area contributed by atoms with Crippen LogP contribution in [0.3, 0.4) is 0 Å². The third-order valence-electron chi connectivity index (χ3n) is 2.94. The third-order valence-corrected chi connectivity index (χ3v) is 2.94. The van der Waals surface area contributed by atoms with Gasteiger partial charge >= 0.3 is 5.69 Å². The molecule has 5 heteroatoms. The van der Waals surface area contributed by atoms with E-state index in [9.17, 15) is 9.59 Å². The van der Waals surface area contributed by atoms with Gasteiger partial charge in [-0.15, -0.1) is 0 Å². The molecule has 5 nitrogen and oxygen atoms in total. The molecule has 0 spiro atoms. The highest BCUT2D eigenvalue weighted by molar-refractivity contribution is 5.81. The Balaban J connectivity index is 2.28. The van der Waals surface area contributed by atoms with E-state index in [1.54, 1.807) is 13.1 Å². The maximum atomic E-state index is 11.8. The van der Waals surface area contributed by atoms with Gasteiger partial charge in [0.1, 0.15) is 0 Å². The molecule has 0 radical (unpaired) electrons. The molecule has 0 aliphatic heterocycles. The molecule has 0 fully saturated rings. The Morgan fingerprint density at radius 3 is 2.83 bits per heavy atom. The molecule has 90 valence electrons. The summed E-state index contributed by atoms with van der Waals surface area (Å²) in [5.74, 6) is 0. The van der Waals surface area contributed by atoms with Crippen molar-refractivity contribution in [2.24, 2.45) is 0 Å². The van der Waals surface area contributed by atoms with E-state index >= 15 is 0 Å². The van der Waals surface area contributed by atoms with Crippen LogP contribution in [-0.4, -0.2) is 14.5 Å². The molecule has 0 bridgehead atoms. The van der Waals surface area contributed by atoms with Crippen molar-refractivity contribution < 1.29 is 0 Å². The minimum absolute atomic E-state index is 0.350. The van der Waals surface area contributed by atoms with Crippen LogP contribution in [0.15, 0.2) is 46.2 Å². The van der Waals surface area contributed by atoms with Gasteiger partial charge in [0.25, 0.3) is 5.56 Å². The molecule has 0 saturated carbocycles. The summed E-state index contributed by atoms with van der Waals surface area (Å²) in [4.78, 5) is 28.5. The number of rotatable bonds is 1. The molecule has 2 heterocycles. The van der Waals surface area contributed by atoms with Crippen molar-refractivity contribution in [2.75, 3.05) is 0 Å². The topological polar surface area (TPSA) is 70.7 Å². The van der Waals surface area contributed by atoms with Crippen LogP contribution in [-0.2, 0) is 0 Å². The van der Waals surface area contributed by atoms with Crippen LogP contribution in [0.25, 0.3) is 16.6 Å². The number of benzene rings is 1. The maximum Gasteiger partial charge on any atom is 0.332 e. The normalized spacial score (nSPS) is 10.9. The van der Waals surface area contributed by atoms with Crippen LogP contribution in [0.4, 0.5) is 0 Å². The molecule has 3 aromatic rings. The van der Waals surface area contributed by atoms with Crippen molar-refractivity contribution in [3.8, 4) is 5.69 Å². The first kappa shape index (κ1) is 10.6. The van der Waals surface area contributed by atoms with E-state index < -0.39 is 5.69 Å². The standard InChI is InChI=1S/C13H11N3O2/c1-8-7-16(13(18)15-12(8)17)10-3-2-9-4-5-14-11(9)6-10/h2-7,14H,1H3,(H,15,17,18). The van der Waals surface area contributed by atoms with Crippen LogP contribution in [0.1, 0.15) is 5.56 Å². The fraction of sp³-hybridized carbons (Fsp3) is 0.0769. The fourth-order valence-corrected chi connectivity index (χ4v) is 1.94. The van der Waals surface area contributed by atoms with E-state index in [1.807, 2.05) is 30.5 Å². The predicted octanol–water partition coefficient (Wildman–Crippen LogP) is 1.32. The number of aromatic nitrogens is 3. The van der Waals surface area contributed by atoms with Gasteiger partial charge in [-0.2, -0.15) is 0 Å². The molecule has 1 aromatic carbocycles. The Morgan fingerprint density at radius 1 is 1.17 bits per heavy atom. The highest BCUT2D eigenvalue weighted by Gasteiger charge is 2.04. The number of nitrogens with one attached hydrogen (secondary N) is 2. The third kappa shape index (κ3) is 1.57. The minimum Gasteiger partial charge on any atom is -0.361 e. The SMILES string of the molecule is Cc1cn(-c2ccc3cc[nH]c3c2)c(=O)[nH]c1=O. The first-order valence-corrected chi connectivity index (χ1v) is 5.55. The average molecular weight is 241 g/mol. The summed E-state index contributed by atoms with van der Waals surface area (Å²) in [6.07, 6.45) is 3.39. The van der Waals surface area contributed by atoms with E-state index in [1.165, 1.54) is 4.57 Å². The first-order valence-electron chi connectivity index (χ1n) is 5.55. The second kappa shape index (κ2) is 3.73. The van der Waals surface area contributed by atoms with E-state index in [2.05, 4.69) is 9.97 Å². The van der Waals surface area contributed by atoms with E-state index in [-0.39, 0.29) is 5.56 Å². The van der Waals surface area contributed by atoms with Gasteiger partial charge in [0.15, 0.2) is 0 Å². The Hall–Kier alpha value is -2.56. The maximum absolute atomic E-state index is 11.8. The van der Waals surface area contributed by atoms with Crippen LogP contribution >= 0.6 is 0 Å². The fourth-order valence-electron chi connectivity index (χ4n) is 1.94. The van der Waals surface area contributed by atoms with Crippen molar-refractivity contribution in [3.05, 3.63) is 63.1 Å². The lowest BCUT2D eigenvalue weighted by Crippen LogP contribution is -2.29. The summed E-state index contributed by atoms with van der Waals surface area (Å²) in [6, 6.07) is 7.60. The van der Waals surface area contributed by atoms with Crippen LogP contribution < -0.4 is 11.2 Å². The summed E-state index contributed by atoms with van der Waals surface area (Å²) in [7, 11) is 0. The lowest BCUT2D eigenvalue weighted by atomic mass is 10.2. The highest BCUT2D eigenvalue weighted by Crippen LogP contribution is 2.15. The number of fused-ring (bicyclic) bond motifs is 1. The zero-order chi connectivity index (χ0) is 12.7. The highest BCUT2D eigenvalue weighted by atomic mass is 16.2. The van der Waals surface area contributed by atoms with E-state index in [4.69, 9.17) is 0 Å². The molecule has 2 N–H and O–H groups in total. The molecule has 3 rings (SSSR count). The van der Waals surface area contributed by atoms with Crippen molar-refractivity contribution in [1.29, 1.82) is 0 Å². The Labute approximate surface area is 102 Å². The summed E-state index contributed by atoms with van der Waals surface area (Å²) >= 11 is 0. The van der Waals surface area contributed by atoms with E-state index in [0.717, 1.165) is 10.9 Å². The smallest absolute Gasteiger partial charge is 0.332 e. The van der Waals surface area contributed by atoms with Gasteiger partial charge in [-0.3, -0.25) is 14.3 Å². The number of aromatic amines is 2. The van der Waals surface area contributed by atoms with Crippen molar-refractivity contribution in [1.82, 2.24) is 14.5 Å². The van der Waals surface area contributed by atoms with Gasteiger partial charge in [-0.1, -0.05) is 6.07 Å². The lowest BCUT2D eigenvalue weighted by molar-refractivity contribution is 0.880. The minimum atomic E-state index is -0.434. The lowest BCUT2D eigenvalue weighted by Gasteiger charge is -2.05. The van der Waals surface area contributed by atoms with Crippen LogP contribution in [0.5, 0.6) is 0 Å².